The van der Waals surface area contributed by atoms with E-state index in [1.54, 1.807) is 25.5 Å². The number of nitrogens with one attached hydrogen (secondary N) is 1. The third-order valence-electron chi connectivity index (χ3n) is 5.15. The molecule has 0 saturated heterocycles. The number of fused-ring (bicyclic) bond motifs is 1. The molecule has 0 fully saturated rings. The highest BCUT2D eigenvalue weighted by Gasteiger charge is 2.44. The molecule has 2 aromatic rings. The van der Waals surface area contributed by atoms with Crippen LogP contribution in [-0.4, -0.2) is 55.7 Å². The summed E-state index contributed by atoms with van der Waals surface area (Å²) >= 11 is 0. The molecule has 12 heteroatoms. The maximum Gasteiger partial charge on any atom is 0.270 e. The van der Waals surface area contributed by atoms with Crippen LogP contribution in [0.15, 0.2) is 47.6 Å². The fourth-order valence-electron chi connectivity index (χ4n) is 3.35. The Morgan fingerprint density at radius 2 is 1.79 bits per heavy atom. The van der Waals surface area contributed by atoms with Crippen LogP contribution in [0.1, 0.15) is 25.0 Å². The van der Waals surface area contributed by atoms with Gasteiger partial charge in [0, 0.05) is 23.8 Å². The second kappa shape index (κ2) is 10.5. The van der Waals surface area contributed by atoms with E-state index in [0.29, 0.717) is 6.54 Å². The predicted molar refractivity (Wildman–Crippen MR) is 122 cm³/mol. The van der Waals surface area contributed by atoms with Crippen molar-refractivity contribution in [3.63, 3.8) is 0 Å². The van der Waals surface area contributed by atoms with Crippen molar-refractivity contribution in [3.8, 4) is 5.75 Å². The van der Waals surface area contributed by atoms with Crippen LogP contribution in [0.3, 0.4) is 0 Å². The van der Waals surface area contributed by atoms with Gasteiger partial charge < -0.3 is 14.7 Å². The molecule has 1 heterocycles. The lowest BCUT2D eigenvalue weighted by atomic mass is 9.82. The van der Waals surface area contributed by atoms with Gasteiger partial charge in [-0.3, -0.25) is 14.3 Å². The molecule has 0 unspecified atom stereocenters. The molecule has 2 aromatic carbocycles. The van der Waals surface area contributed by atoms with E-state index >= 15 is 0 Å². The lowest BCUT2D eigenvalue weighted by molar-refractivity contribution is -0.401. The molecule has 0 saturated carbocycles. The first-order chi connectivity index (χ1) is 15.4. The van der Waals surface area contributed by atoms with Crippen molar-refractivity contribution in [1.29, 1.82) is 0 Å². The number of rotatable bonds is 7. The van der Waals surface area contributed by atoms with E-state index in [1.165, 1.54) is 6.07 Å². The number of nitro groups is 1. The van der Waals surface area contributed by atoms with Crippen LogP contribution in [0.5, 0.6) is 5.75 Å². The highest BCUT2D eigenvalue weighted by molar-refractivity contribution is 7.80. The predicted octanol–water partition coefficient (Wildman–Crippen LogP) is 2.48. The minimum Gasteiger partial charge on any atom is -0.726 e. The Morgan fingerprint density at radius 3 is 2.30 bits per heavy atom. The van der Waals surface area contributed by atoms with Gasteiger partial charge in [0.1, 0.15) is 19.0 Å². The van der Waals surface area contributed by atoms with E-state index in [0.717, 1.165) is 35.4 Å². The van der Waals surface area contributed by atoms with Crippen molar-refractivity contribution in [2.75, 3.05) is 21.3 Å². The number of methoxy groups -OCH3 is 1. The van der Waals surface area contributed by atoms with Crippen LogP contribution >= 0.6 is 0 Å². The van der Waals surface area contributed by atoms with E-state index < -0.39 is 10.4 Å². The summed E-state index contributed by atoms with van der Waals surface area (Å²) in [6.45, 7) is 4.68. The summed E-state index contributed by atoms with van der Waals surface area (Å²) in [6.07, 6.45) is 1.79. The number of hydrazone groups is 1. The molecule has 11 nitrogen and oxygen atoms in total. The Balaban J connectivity index is 0.000000569. The second-order valence-electron chi connectivity index (χ2n) is 7.54. The molecule has 33 heavy (non-hydrogen) atoms. The molecule has 1 aliphatic heterocycles. The summed E-state index contributed by atoms with van der Waals surface area (Å²) in [6, 6.07) is 12.8. The number of benzene rings is 2. The SMILES string of the molecule is COS(=O)(=O)[O-].COc1ccc(CN/N=C/C2=[N+](C)c3ccc([N+](=O)[O-])cc3C2(C)C)cc1. The molecular weight excluding hydrogens is 452 g/mol. The molecule has 178 valence electrons. The molecule has 0 aliphatic carbocycles. The normalized spacial score (nSPS) is 14.5. The highest BCUT2D eigenvalue weighted by atomic mass is 32.3. The average Bonchev–Trinajstić information content (AvgIpc) is 2.96. The van der Waals surface area contributed by atoms with Gasteiger partial charge in [-0.1, -0.05) is 12.1 Å². The number of ether oxygens (including phenoxy) is 1. The van der Waals surface area contributed by atoms with Crippen molar-refractivity contribution in [2.24, 2.45) is 5.10 Å². The third-order valence-corrected chi connectivity index (χ3v) is 5.56. The van der Waals surface area contributed by atoms with Crippen LogP contribution in [0.25, 0.3) is 0 Å². The third kappa shape index (κ3) is 6.57. The number of hydrogen-bond donors (Lipinski definition) is 1. The summed E-state index contributed by atoms with van der Waals surface area (Å²) in [5.41, 5.74) is 6.74. The van der Waals surface area contributed by atoms with E-state index in [1.807, 2.05) is 49.7 Å². The number of hydrogen-bond acceptors (Lipinski definition) is 9. The Morgan fingerprint density at radius 1 is 1.18 bits per heavy atom. The monoisotopic (exact) mass is 478 g/mol. The van der Waals surface area contributed by atoms with Crippen LogP contribution in [-0.2, 0) is 26.5 Å². The minimum absolute atomic E-state index is 0.103. The molecule has 0 atom stereocenters. The molecule has 3 rings (SSSR count). The van der Waals surface area contributed by atoms with Crippen molar-refractivity contribution in [1.82, 2.24) is 5.43 Å². The highest BCUT2D eigenvalue weighted by Crippen LogP contribution is 2.40. The summed E-state index contributed by atoms with van der Waals surface area (Å²) in [5.74, 6) is 0.819. The number of nitro benzene ring substituents is 1. The van der Waals surface area contributed by atoms with Gasteiger partial charge in [-0.2, -0.15) is 9.68 Å². The van der Waals surface area contributed by atoms with Gasteiger partial charge >= 0.3 is 0 Å². The second-order valence-corrected chi connectivity index (χ2v) is 8.69. The van der Waals surface area contributed by atoms with Gasteiger partial charge in [-0.05, 0) is 31.5 Å². The van der Waals surface area contributed by atoms with Crippen LogP contribution in [0, 0.1) is 10.1 Å². The summed E-state index contributed by atoms with van der Waals surface area (Å²) in [7, 11) is -0.0154. The average molecular weight is 479 g/mol. The number of non-ortho nitro benzene ring substituents is 1. The Kier molecular flexibility index (Phi) is 8.25. The molecule has 1 N–H and O–H groups in total. The molecule has 0 bridgehead atoms. The van der Waals surface area contributed by atoms with Crippen molar-refractivity contribution >= 4 is 33.7 Å². The molecule has 0 aromatic heterocycles. The fraction of sp³-hybridized carbons (Fsp3) is 0.333. The van der Waals surface area contributed by atoms with Crippen LogP contribution < -0.4 is 10.2 Å². The maximum atomic E-state index is 11.1. The molecule has 0 radical (unpaired) electrons. The lowest BCUT2D eigenvalue weighted by Gasteiger charge is -2.14. The van der Waals surface area contributed by atoms with Crippen molar-refractivity contribution < 1.29 is 31.4 Å². The quantitative estimate of drug-likeness (QED) is 0.159. The van der Waals surface area contributed by atoms with E-state index in [-0.39, 0.29) is 16.0 Å². The van der Waals surface area contributed by atoms with Crippen molar-refractivity contribution in [3.05, 3.63) is 63.7 Å². The van der Waals surface area contributed by atoms with E-state index in [4.69, 9.17) is 4.74 Å². The van der Waals surface area contributed by atoms with Crippen molar-refractivity contribution in [2.45, 2.75) is 25.8 Å². The Bertz CT molecular complexity index is 1170. The summed E-state index contributed by atoms with van der Waals surface area (Å²) < 4.78 is 38.2. The van der Waals surface area contributed by atoms with Gasteiger partial charge in [0.15, 0.2) is 0 Å². The fourth-order valence-corrected chi connectivity index (χ4v) is 3.35. The Labute approximate surface area is 192 Å². The van der Waals surface area contributed by atoms with Gasteiger partial charge in [-0.25, -0.2) is 8.42 Å². The summed E-state index contributed by atoms with van der Waals surface area (Å²) in [4.78, 5) is 10.7. The molecule has 1 aliphatic rings. The van der Waals surface area contributed by atoms with Gasteiger partial charge in [0.25, 0.3) is 5.69 Å². The molecule has 0 amide bonds. The molecular formula is C21H26N4O7S. The lowest BCUT2D eigenvalue weighted by Crippen LogP contribution is -2.30. The van der Waals surface area contributed by atoms with Gasteiger partial charge in [-0.15, -0.1) is 0 Å². The first-order valence-corrected chi connectivity index (χ1v) is 11.0. The topological polar surface area (TPSA) is 146 Å². The zero-order chi connectivity index (χ0) is 24.8. The molecule has 0 spiro atoms. The first kappa shape index (κ1) is 25.9. The van der Waals surface area contributed by atoms with Gasteiger partial charge in [0.2, 0.25) is 21.8 Å². The number of nitrogens with zero attached hydrogens (tertiary/aromatic N) is 3. The van der Waals surface area contributed by atoms with Gasteiger partial charge in [0.05, 0.1) is 31.1 Å². The standard InChI is InChI=1S/C20H22N4O3.CH4O4S/c1-20(2)17-11-15(24(25)26)7-10-18(17)23(3)19(20)13-22-21-12-14-5-8-16(27-4)9-6-14;1-5-6(2,3)4/h5-11,13H,12H2,1-4H3;1H3,(H,2,3,4). The van der Waals surface area contributed by atoms with Crippen LogP contribution in [0.2, 0.25) is 0 Å². The Hall–Kier alpha value is -3.35. The van der Waals surface area contributed by atoms with E-state index in [9.17, 15) is 23.1 Å². The zero-order valence-electron chi connectivity index (χ0n) is 18.9. The van der Waals surface area contributed by atoms with E-state index in [2.05, 4.69) is 14.7 Å². The zero-order valence-corrected chi connectivity index (χ0v) is 19.8. The minimum atomic E-state index is -4.41. The van der Waals surface area contributed by atoms with Crippen LogP contribution in [0.4, 0.5) is 11.4 Å². The summed E-state index contributed by atoms with van der Waals surface area (Å²) in [5, 5.41) is 15.5. The largest absolute Gasteiger partial charge is 0.726 e. The first-order valence-electron chi connectivity index (χ1n) is 9.71. The maximum absolute atomic E-state index is 11.1. The smallest absolute Gasteiger partial charge is 0.270 e.